The largest absolute Gasteiger partial charge is 0.468 e. The van der Waals surface area contributed by atoms with Gasteiger partial charge in [-0.3, -0.25) is 4.90 Å². The molecule has 19 heavy (non-hydrogen) atoms. The van der Waals surface area contributed by atoms with Crippen LogP contribution in [0.5, 0.6) is 0 Å². The van der Waals surface area contributed by atoms with E-state index >= 15 is 0 Å². The minimum Gasteiger partial charge on any atom is -0.468 e. The maximum atomic E-state index is 5.68. The smallest absolute Gasteiger partial charge is 0.118 e. The van der Waals surface area contributed by atoms with E-state index in [1.807, 2.05) is 6.26 Å². The molecule has 0 aliphatic carbocycles. The van der Waals surface area contributed by atoms with Gasteiger partial charge in [0.25, 0.3) is 0 Å². The molecule has 3 nitrogen and oxygen atoms in total. The summed E-state index contributed by atoms with van der Waals surface area (Å²) >= 11 is 0. The second-order valence-electron chi connectivity index (χ2n) is 5.87. The third kappa shape index (κ3) is 3.61. The second-order valence-corrected chi connectivity index (χ2v) is 5.87. The molecule has 0 saturated carbocycles. The van der Waals surface area contributed by atoms with Gasteiger partial charge in [-0.1, -0.05) is 20.8 Å². The molecule has 3 heteroatoms. The predicted octanol–water partition coefficient (Wildman–Crippen LogP) is 3.40. The zero-order chi connectivity index (χ0) is 13.7. The third-order valence-corrected chi connectivity index (χ3v) is 4.68. The number of nitrogens with one attached hydrogen (secondary N) is 1. The summed E-state index contributed by atoms with van der Waals surface area (Å²) in [5.41, 5.74) is 1.81. The van der Waals surface area contributed by atoms with E-state index in [0.717, 1.165) is 25.4 Å². The van der Waals surface area contributed by atoms with E-state index < -0.39 is 0 Å². The fourth-order valence-electron chi connectivity index (χ4n) is 3.08. The van der Waals surface area contributed by atoms with Crippen molar-refractivity contribution in [3.8, 4) is 0 Å². The van der Waals surface area contributed by atoms with Crippen LogP contribution in [-0.4, -0.2) is 24.5 Å². The van der Waals surface area contributed by atoms with E-state index in [-0.39, 0.29) is 0 Å². The summed E-state index contributed by atoms with van der Waals surface area (Å²) in [6.07, 6.45) is 5.82. The number of likely N-dealkylation sites (tertiary alicyclic amines) is 1. The van der Waals surface area contributed by atoms with Gasteiger partial charge in [-0.05, 0) is 43.8 Å². The number of rotatable bonds is 7. The first-order valence-corrected chi connectivity index (χ1v) is 7.70. The summed E-state index contributed by atoms with van der Waals surface area (Å²) in [6, 6.07) is 2.19. The minimum absolute atomic E-state index is 0.555. The zero-order valence-electron chi connectivity index (χ0n) is 12.7. The first-order valence-electron chi connectivity index (χ1n) is 7.70. The van der Waals surface area contributed by atoms with E-state index in [9.17, 15) is 0 Å². The maximum absolute atomic E-state index is 5.68. The molecule has 1 aromatic heterocycles. The summed E-state index contributed by atoms with van der Waals surface area (Å²) < 4.78 is 5.68. The molecule has 0 atom stereocenters. The fourth-order valence-corrected chi connectivity index (χ4v) is 3.08. The Morgan fingerprint density at radius 3 is 2.74 bits per heavy atom. The summed E-state index contributed by atoms with van der Waals surface area (Å²) in [7, 11) is 0. The van der Waals surface area contributed by atoms with Gasteiger partial charge in [0.05, 0.1) is 12.8 Å². The normalized spacial score (nSPS) is 19.1. The lowest BCUT2D eigenvalue weighted by molar-refractivity contribution is 0.226. The van der Waals surface area contributed by atoms with Gasteiger partial charge in [-0.15, -0.1) is 0 Å². The van der Waals surface area contributed by atoms with Crippen LogP contribution in [0.1, 0.15) is 51.4 Å². The first kappa shape index (κ1) is 14.6. The highest BCUT2D eigenvalue weighted by Gasteiger charge is 2.34. The molecule has 1 N–H and O–H groups in total. The third-order valence-electron chi connectivity index (χ3n) is 4.68. The molecular formula is C16H28N2O. The number of hydrogen-bond donors (Lipinski definition) is 1. The Labute approximate surface area is 117 Å². The van der Waals surface area contributed by atoms with Gasteiger partial charge >= 0.3 is 0 Å². The molecule has 1 aliphatic rings. The quantitative estimate of drug-likeness (QED) is 0.818. The lowest BCUT2D eigenvalue weighted by Gasteiger charge is -2.26. The molecule has 2 heterocycles. The monoisotopic (exact) mass is 264 g/mol. The molecule has 0 aromatic carbocycles. The molecule has 1 aliphatic heterocycles. The van der Waals surface area contributed by atoms with E-state index in [2.05, 4.69) is 37.1 Å². The molecule has 0 spiro atoms. The van der Waals surface area contributed by atoms with Crippen LogP contribution in [0, 0.1) is 5.41 Å². The van der Waals surface area contributed by atoms with Gasteiger partial charge in [0.1, 0.15) is 5.76 Å². The lowest BCUT2D eigenvalue weighted by atomic mass is 9.82. The van der Waals surface area contributed by atoms with E-state index in [0.29, 0.717) is 5.41 Å². The van der Waals surface area contributed by atoms with Crippen molar-refractivity contribution in [2.75, 3.05) is 19.6 Å². The SMILES string of the molecule is CCNCc1coc(CN2CCC(CC)(CC)C2)c1. The first-order chi connectivity index (χ1) is 9.21. The van der Waals surface area contributed by atoms with Crippen molar-refractivity contribution >= 4 is 0 Å². The van der Waals surface area contributed by atoms with Crippen molar-refractivity contribution < 1.29 is 4.42 Å². The van der Waals surface area contributed by atoms with Crippen molar-refractivity contribution in [1.29, 1.82) is 0 Å². The highest BCUT2D eigenvalue weighted by atomic mass is 16.3. The lowest BCUT2D eigenvalue weighted by Crippen LogP contribution is -2.25. The Balaban J connectivity index is 1.87. The van der Waals surface area contributed by atoms with Crippen molar-refractivity contribution in [3.05, 3.63) is 23.7 Å². The van der Waals surface area contributed by atoms with Gasteiger partial charge in [-0.2, -0.15) is 0 Å². The van der Waals surface area contributed by atoms with Gasteiger partial charge in [0.2, 0.25) is 0 Å². The zero-order valence-corrected chi connectivity index (χ0v) is 12.7. The average Bonchev–Trinajstić information content (AvgIpc) is 3.04. The van der Waals surface area contributed by atoms with Crippen LogP contribution in [0.15, 0.2) is 16.7 Å². The predicted molar refractivity (Wildman–Crippen MR) is 79.0 cm³/mol. The molecule has 1 aromatic rings. The Bertz CT molecular complexity index is 382. The molecule has 1 saturated heterocycles. The summed E-state index contributed by atoms with van der Waals surface area (Å²) in [6.45, 7) is 12.1. The number of nitrogens with zero attached hydrogens (tertiary/aromatic N) is 1. The molecular weight excluding hydrogens is 236 g/mol. The van der Waals surface area contributed by atoms with Crippen molar-refractivity contribution in [1.82, 2.24) is 10.2 Å². The van der Waals surface area contributed by atoms with Crippen LogP contribution < -0.4 is 5.32 Å². The molecule has 0 bridgehead atoms. The molecule has 0 radical (unpaired) electrons. The van der Waals surface area contributed by atoms with Crippen LogP contribution in [0.2, 0.25) is 0 Å². The standard InChI is InChI=1S/C16H28N2O/c1-4-16(5-2)7-8-18(13-16)11-15-9-14(12-19-15)10-17-6-3/h9,12,17H,4-8,10-11,13H2,1-3H3. The Morgan fingerprint density at radius 2 is 2.11 bits per heavy atom. The van der Waals surface area contributed by atoms with Crippen molar-refractivity contribution in [2.45, 2.75) is 53.1 Å². The van der Waals surface area contributed by atoms with Crippen LogP contribution >= 0.6 is 0 Å². The minimum atomic E-state index is 0.555. The highest BCUT2D eigenvalue weighted by Crippen LogP contribution is 2.37. The number of hydrogen-bond acceptors (Lipinski definition) is 3. The summed E-state index contributed by atoms with van der Waals surface area (Å²) in [5.74, 6) is 1.11. The topological polar surface area (TPSA) is 28.4 Å². The summed E-state index contributed by atoms with van der Waals surface area (Å²) in [4.78, 5) is 2.54. The maximum Gasteiger partial charge on any atom is 0.118 e. The summed E-state index contributed by atoms with van der Waals surface area (Å²) in [5, 5.41) is 3.33. The average molecular weight is 264 g/mol. The Hall–Kier alpha value is -0.800. The molecule has 1 fully saturated rings. The van der Waals surface area contributed by atoms with Crippen molar-refractivity contribution in [2.24, 2.45) is 5.41 Å². The molecule has 108 valence electrons. The highest BCUT2D eigenvalue weighted by molar-refractivity contribution is 5.13. The van der Waals surface area contributed by atoms with Crippen LogP contribution in [-0.2, 0) is 13.1 Å². The van der Waals surface area contributed by atoms with E-state index in [4.69, 9.17) is 4.42 Å². The fraction of sp³-hybridized carbons (Fsp3) is 0.750. The molecule has 0 unspecified atom stereocenters. The van der Waals surface area contributed by atoms with Crippen LogP contribution in [0.4, 0.5) is 0 Å². The molecule has 0 amide bonds. The van der Waals surface area contributed by atoms with E-state index in [1.165, 1.54) is 37.9 Å². The van der Waals surface area contributed by atoms with Crippen LogP contribution in [0.3, 0.4) is 0 Å². The Morgan fingerprint density at radius 1 is 1.32 bits per heavy atom. The van der Waals surface area contributed by atoms with Crippen LogP contribution in [0.25, 0.3) is 0 Å². The van der Waals surface area contributed by atoms with Gasteiger partial charge < -0.3 is 9.73 Å². The molecule has 2 rings (SSSR count). The van der Waals surface area contributed by atoms with Gasteiger partial charge in [-0.25, -0.2) is 0 Å². The van der Waals surface area contributed by atoms with Gasteiger partial charge in [0.15, 0.2) is 0 Å². The van der Waals surface area contributed by atoms with Gasteiger partial charge in [0, 0.05) is 18.7 Å². The Kier molecular flexibility index (Phi) is 5.06. The number of furan rings is 1. The van der Waals surface area contributed by atoms with Crippen molar-refractivity contribution in [3.63, 3.8) is 0 Å². The van der Waals surface area contributed by atoms with E-state index in [1.54, 1.807) is 0 Å². The second kappa shape index (κ2) is 6.58.